The molecule has 2 amide bonds. The maximum atomic E-state index is 13.1. The first-order valence-corrected chi connectivity index (χ1v) is 11.6. The minimum absolute atomic E-state index is 0.00583. The van der Waals surface area contributed by atoms with Crippen molar-refractivity contribution < 1.29 is 40.6 Å². The molecule has 3 aromatic rings. The average molecular weight is 555 g/mol. The molecule has 8 nitrogen and oxygen atoms in total. The predicted molar refractivity (Wildman–Crippen MR) is 130 cm³/mol. The number of carbonyl (C=O) groups is 1. The molecule has 2 heterocycles. The number of aromatic nitrogens is 2. The van der Waals surface area contributed by atoms with E-state index in [4.69, 9.17) is 9.47 Å². The Balaban J connectivity index is 1.40. The molecule has 0 spiro atoms. The third kappa shape index (κ3) is 6.44. The van der Waals surface area contributed by atoms with Crippen LogP contribution in [0.2, 0.25) is 0 Å². The Labute approximate surface area is 219 Å². The maximum Gasteiger partial charge on any atom is 0.416 e. The molecule has 0 atom stereocenters. The van der Waals surface area contributed by atoms with E-state index < -0.39 is 35.2 Å². The Morgan fingerprint density at radius 3 is 1.92 bits per heavy atom. The quantitative estimate of drug-likeness (QED) is 0.416. The third-order valence-electron chi connectivity index (χ3n) is 6.06. The van der Waals surface area contributed by atoms with Crippen LogP contribution in [-0.2, 0) is 12.4 Å². The Kier molecular flexibility index (Phi) is 7.74. The van der Waals surface area contributed by atoms with E-state index in [0.717, 1.165) is 5.56 Å². The minimum Gasteiger partial charge on any atom is -0.493 e. The molecular formula is C25H23F6N5O3. The van der Waals surface area contributed by atoms with Crippen LogP contribution >= 0.6 is 0 Å². The highest BCUT2D eigenvalue weighted by molar-refractivity contribution is 5.89. The van der Waals surface area contributed by atoms with Gasteiger partial charge >= 0.3 is 18.4 Å². The molecule has 1 saturated heterocycles. The molecule has 1 aliphatic heterocycles. The second-order valence-corrected chi connectivity index (χ2v) is 8.55. The molecule has 2 aromatic carbocycles. The normalized spacial score (nSPS) is 14.3. The molecule has 1 aromatic heterocycles. The van der Waals surface area contributed by atoms with E-state index in [0.29, 0.717) is 48.2 Å². The predicted octanol–water partition coefficient (Wildman–Crippen LogP) is 5.55. The summed E-state index contributed by atoms with van der Waals surface area (Å²) in [5.41, 5.74) is -2.25. The molecule has 1 fully saturated rings. The summed E-state index contributed by atoms with van der Waals surface area (Å²) in [6.07, 6.45) is -10.0. The number of nitrogens with zero attached hydrogens (tertiary/aromatic N) is 4. The highest BCUT2D eigenvalue weighted by Gasteiger charge is 2.37. The van der Waals surface area contributed by atoms with E-state index in [2.05, 4.69) is 15.5 Å². The van der Waals surface area contributed by atoms with Crippen molar-refractivity contribution in [2.24, 2.45) is 0 Å². The number of methoxy groups -OCH3 is 2. The van der Waals surface area contributed by atoms with Crippen LogP contribution in [0.5, 0.6) is 11.5 Å². The molecule has 1 aliphatic rings. The number of hydrogen-bond acceptors (Lipinski definition) is 6. The third-order valence-corrected chi connectivity index (χ3v) is 6.06. The largest absolute Gasteiger partial charge is 0.493 e. The fraction of sp³-hybridized carbons (Fsp3) is 0.320. The zero-order chi connectivity index (χ0) is 28.4. The lowest BCUT2D eigenvalue weighted by atomic mass is 10.1. The van der Waals surface area contributed by atoms with E-state index >= 15 is 0 Å². The lowest BCUT2D eigenvalue weighted by Gasteiger charge is -2.35. The summed E-state index contributed by atoms with van der Waals surface area (Å²) in [4.78, 5) is 15.8. The number of halogens is 6. The summed E-state index contributed by atoms with van der Waals surface area (Å²) in [5.74, 6) is 1.66. The first kappa shape index (κ1) is 27.8. The number of carbonyl (C=O) groups excluding carboxylic acids is 1. The van der Waals surface area contributed by atoms with E-state index in [9.17, 15) is 31.1 Å². The molecule has 0 bridgehead atoms. The highest BCUT2D eigenvalue weighted by Crippen LogP contribution is 2.37. The fourth-order valence-electron chi connectivity index (χ4n) is 4.01. The molecule has 39 heavy (non-hydrogen) atoms. The van der Waals surface area contributed by atoms with Crippen LogP contribution in [0.4, 0.5) is 42.6 Å². The summed E-state index contributed by atoms with van der Waals surface area (Å²) in [5, 5.41) is 10.7. The van der Waals surface area contributed by atoms with Crippen molar-refractivity contribution in [2.45, 2.75) is 12.4 Å². The molecule has 0 unspecified atom stereocenters. The monoisotopic (exact) mass is 555 g/mol. The van der Waals surface area contributed by atoms with Gasteiger partial charge in [0.1, 0.15) is 0 Å². The molecule has 0 radical (unpaired) electrons. The summed E-state index contributed by atoms with van der Waals surface area (Å²) in [6.45, 7) is 0.981. The van der Waals surface area contributed by atoms with Crippen molar-refractivity contribution in [3.8, 4) is 22.8 Å². The Hall–Kier alpha value is -4.23. The average Bonchev–Trinajstić information content (AvgIpc) is 2.91. The van der Waals surface area contributed by atoms with Crippen LogP contribution in [-0.4, -0.2) is 61.5 Å². The van der Waals surface area contributed by atoms with Gasteiger partial charge in [-0.1, -0.05) is 0 Å². The van der Waals surface area contributed by atoms with Crippen LogP contribution in [0.1, 0.15) is 11.1 Å². The lowest BCUT2D eigenvalue weighted by molar-refractivity contribution is -0.143. The second-order valence-electron chi connectivity index (χ2n) is 8.55. The number of rotatable bonds is 5. The van der Waals surface area contributed by atoms with Gasteiger partial charge in [0.2, 0.25) is 0 Å². The van der Waals surface area contributed by atoms with Gasteiger partial charge < -0.3 is 24.6 Å². The smallest absolute Gasteiger partial charge is 0.416 e. The van der Waals surface area contributed by atoms with Gasteiger partial charge in [0.05, 0.1) is 31.0 Å². The minimum atomic E-state index is -5.01. The lowest BCUT2D eigenvalue weighted by Crippen LogP contribution is -2.50. The van der Waals surface area contributed by atoms with Crippen molar-refractivity contribution >= 4 is 17.5 Å². The molecule has 0 aliphatic carbocycles. The van der Waals surface area contributed by atoms with Gasteiger partial charge in [0.15, 0.2) is 17.3 Å². The second kappa shape index (κ2) is 10.9. The number of anilines is 2. The van der Waals surface area contributed by atoms with Gasteiger partial charge in [-0.15, -0.1) is 10.2 Å². The molecule has 14 heteroatoms. The summed E-state index contributed by atoms with van der Waals surface area (Å²) >= 11 is 0. The number of ether oxygens (including phenoxy) is 2. The number of benzene rings is 2. The van der Waals surface area contributed by atoms with Crippen LogP contribution < -0.4 is 19.7 Å². The molecule has 4 rings (SSSR count). The number of alkyl halides is 6. The van der Waals surface area contributed by atoms with Gasteiger partial charge in [-0.3, -0.25) is 0 Å². The zero-order valence-corrected chi connectivity index (χ0v) is 20.7. The van der Waals surface area contributed by atoms with Crippen LogP contribution in [0.15, 0.2) is 48.5 Å². The summed E-state index contributed by atoms with van der Waals surface area (Å²) in [6, 6.07) is 9.00. The van der Waals surface area contributed by atoms with Gasteiger partial charge in [-0.2, -0.15) is 26.3 Å². The van der Waals surface area contributed by atoms with E-state index in [1.54, 1.807) is 24.3 Å². The van der Waals surface area contributed by atoms with Crippen molar-refractivity contribution in [3.05, 3.63) is 59.7 Å². The number of piperazine rings is 1. The van der Waals surface area contributed by atoms with E-state index in [1.807, 2.05) is 11.0 Å². The highest BCUT2D eigenvalue weighted by atomic mass is 19.4. The maximum absolute atomic E-state index is 13.1. The Morgan fingerprint density at radius 2 is 1.41 bits per heavy atom. The molecule has 1 N–H and O–H groups in total. The van der Waals surface area contributed by atoms with Crippen LogP contribution in [0, 0.1) is 0 Å². The van der Waals surface area contributed by atoms with Gasteiger partial charge in [0.25, 0.3) is 0 Å². The standard InChI is InChI=1S/C25H23F6N5O3/c1-38-20-5-3-15(11-21(20)39-2)19-4-6-22(34-33-19)35-7-9-36(10-8-35)23(37)32-18-13-16(24(26,27)28)12-17(14-18)25(29,30)31/h3-6,11-14H,7-10H2,1-2H3,(H,32,37). The van der Waals surface area contributed by atoms with Gasteiger partial charge in [0, 0.05) is 37.4 Å². The summed E-state index contributed by atoms with van der Waals surface area (Å²) in [7, 11) is 3.06. The molecule has 0 saturated carbocycles. The molecular weight excluding hydrogens is 532 g/mol. The number of urea groups is 1. The van der Waals surface area contributed by atoms with Crippen molar-refractivity contribution in [3.63, 3.8) is 0 Å². The number of nitrogens with one attached hydrogen (secondary N) is 1. The van der Waals surface area contributed by atoms with E-state index in [1.165, 1.54) is 19.1 Å². The van der Waals surface area contributed by atoms with Crippen LogP contribution in [0.25, 0.3) is 11.3 Å². The number of hydrogen-bond donors (Lipinski definition) is 1. The topological polar surface area (TPSA) is 79.8 Å². The van der Waals surface area contributed by atoms with Gasteiger partial charge in [-0.25, -0.2) is 4.79 Å². The Bertz CT molecular complexity index is 1290. The van der Waals surface area contributed by atoms with Crippen molar-refractivity contribution in [1.82, 2.24) is 15.1 Å². The van der Waals surface area contributed by atoms with Crippen LogP contribution in [0.3, 0.4) is 0 Å². The van der Waals surface area contributed by atoms with E-state index in [-0.39, 0.29) is 19.2 Å². The van der Waals surface area contributed by atoms with Crippen molar-refractivity contribution in [2.75, 3.05) is 50.6 Å². The van der Waals surface area contributed by atoms with Gasteiger partial charge in [-0.05, 0) is 48.5 Å². The SMILES string of the molecule is COc1ccc(-c2ccc(N3CCN(C(=O)Nc4cc(C(F)(F)F)cc(C(F)(F)F)c4)CC3)nn2)cc1OC. The first-order valence-electron chi connectivity index (χ1n) is 11.6. The zero-order valence-electron chi connectivity index (χ0n) is 20.7. The summed E-state index contributed by atoms with van der Waals surface area (Å²) < 4.78 is 89.1. The molecule has 208 valence electrons. The fourth-order valence-corrected chi connectivity index (χ4v) is 4.01. The number of amides is 2. The van der Waals surface area contributed by atoms with Crippen molar-refractivity contribution in [1.29, 1.82) is 0 Å². The first-order chi connectivity index (χ1) is 18.4. The Morgan fingerprint density at radius 1 is 0.795 bits per heavy atom.